The molecule has 0 aliphatic carbocycles. The average Bonchev–Trinajstić information content (AvgIpc) is 2.77. The number of hydrogen-bond donors (Lipinski definition) is 1. The number of ether oxygens (including phenoxy) is 1. The van der Waals surface area contributed by atoms with Crippen LogP contribution in [0.4, 0.5) is 11.4 Å². The molecule has 0 unspecified atom stereocenters. The number of rotatable bonds is 8. The van der Waals surface area contributed by atoms with Crippen LogP contribution in [0.1, 0.15) is 48.4 Å². The summed E-state index contributed by atoms with van der Waals surface area (Å²) in [4.78, 5) is 25.0. The molecular formula is C26H39BrN2O4. The molecule has 0 aromatic heterocycles. The Bertz CT molecular complexity index is 852. The number of phenols is 1. The fraction of sp³-hybridized carbons (Fsp3) is 0.462. The fourth-order valence-electron chi connectivity index (χ4n) is 2.19. The summed E-state index contributed by atoms with van der Waals surface area (Å²) in [5.74, 6) is 1.93. The average molecular weight is 524 g/mol. The lowest BCUT2D eigenvalue weighted by Gasteiger charge is -2.16. The van der Waals surface area contributed by atoms with E-state index in [1.165, 1.54) is 0 Å². The van der Waals surface area contributed by atoms with Crippen molar-refractivity contribution in [1.29, 1.82) is 0 Å². The van der Waals surface area contributed by atoms with Gasteiger partial charge < -0.3 is 19.6 Å². The first kappa shape index (κ1) is 30.5. The molecule has 7 heteroatoms. The molecule has 0 aliphatic heterocycles. The van der Waals surface area contributed by atoms with E-state index in [4.69, 9.17) is 4.74 Å². The standard InChI is InChI=1S/C13H19NO2.C9H11NO2.C4H9Br/c1-10(2)9-16-13-7-12(14(3)4)6-5-11(13)8-15;1-10(2)8-4-3-7(6-11)9(12)5-8;1-4(2)3-5/h5-8,10H,9H2,1-4H3;3-6,12H,1-2H3;4H,3H2,1-2H3. The van der Waals surface area contributed by atoms with Crippen LogP contribution in [-0.2, 0) is 0 Å². The highest BCUT2D eigenvalue weighted by molar-refractivity contribution is 9.09. The van der Waals surface area contributed by atoms with E-state index in [1.54, 1.807) is 24.3 Å². The third-order valence-electron chi connectivity index (χ3n) is 4.18. The van der Waals surface area contributed by atoms with Crippen LogP contribution in [0.5, 0.6) is 11.5 Å². The maximum atomic E-state index is 10.9. The highest BCUT2D eigenvalue weighted by atomic mass is 79.9. The Morgan fingerprint density at radius 2 is 1.30 bits per heavy atom. The summed E-state index contributed by atoms with van der Waals surface area (Å²) in [5.41, 5.74) is 2.83. The summed E-state index contributed by atoms with van der Waals surface area (Å²) in [7, 11) is 7.66. The number of phenolic OH excluding ortho intramolecular Hbond substituents is 1. The van der Waals surface area contributed by atoms with Gasteiger partial charge in [-0.05, 0) is 36.1 Å². The lowest BCUT2D eigenvalue weighted by atomic mass is 10.2. The van der Waals surface area contributed by atoms with Crippen molar-refractivity contribution in [2.75, 3.05) is 49.9 Å². The second-order valence-electron chi connectivity index (χ2n) is 8.74. The number of aldehydes is 2. The molecule has 2 aromatic carbocycles. The van der Waals surface area contributed by atoms with E-state index in [0.29, 0.717) is 35.7 Å². The van der Waals surface area contributed by atoms with E-state index in [9.17, 15) is 14.7 Å². The number of anilines is 2. The quantitative estimate of drug-likeness (QED) is 0.343. The van der Waals surface area contributed by atoms with Crippen molar-refractivity contribution < 1.29 is 19.4 Å². The summed E-state index contributed by atoms with van der Waals surface area (Å²) in [5, 5.41) is 10.4. The van der Waals surface area contributed by atoms with Crippen molar-refractivity contribution >= 4 is 39.9 Å². The number of aromatic hydroxyl groups is 1. The molecule has 0 saturated carbocycles. The Labute approximate surface area is 207 Å². The van der Waals surface area contributed by atoms with E-state index < -0.39 is 0 Å². The first-order chi connectivity index (χ1) is 15.5. The number of nitrogens with zero attached hydrogens (tertiary/aromatic N) is 2. The first-order valence-corrected chi connectivity index (χ1v) is 12.0. The van der Waals surface area contributed by atoms with E-state index >= 15 is 0 Å². The minimum atomic E-state index is 0.0243. The Morgan fingerprint density at radius 1 is 0.848 bits per heavy atom. The zero-order valence-corrected chi connectivity index (χ0v) is 22.7. The molecule has 6 nitrogen and oxygen atoms in total. The topological polar surface area (TPSA) is 70.1 Å². The fourth-order valence-corrected chi connectivity index (χ4v) is 2.19. The van der Waals surface area contributed by atoms with Crippen LogP contribution in [0, 0.1) is 11.8 Å². The van der Waals surface area contributed by atoms with Crippen molar-refractivity contribution in [1.82, 2.24) is 0 Å². The highest BCUT2D eigenvalue weighted by Crippen LogP contribution is 2.24. The Hall–Kier alpha value is -2.54. The van der Waals surface area contributed by atoms with Gasteiger partial charge in [0, 0.05) is 57.0 Å². The van der Waals surface area contributed by atoms with Gasteiger partial charge in [-0.3, -0.25) is 9.59 Å². The Balaban J connectivity index is 0.000000530. The van der Waals surface area contributed by atoms with Crippen molar-refractivity contribution in [2.24, 2.45) is 11.8 Å². The summed E-state index contributed by atoms with van der Waals surface area (Å²) >= 11 is 3.31. The predicted octanol–water partition coefficient (Wildman–Crippen LogP) is 5.91. The molecule has 0 fully saturated rings. The second-order valence-corrected chi connectivity index (χ2v) is 9.39. The van der Waals surface area contributed by atoms with Crippen LogP contribution < -0.4 is 14.5 Å². The number of carbonyl (C=O) groups is 2. The van der Waals surface area contributed by atoms with Crippen molar-refractivity contribution in [2.45, 2.75) is 27.7 Å². The zero-order chi connectivity index (χ0) is 25.6. The largest absolute Gasteiger partial charge is 0.507 e. The summed E-state index contributed by atoms with van der Waals surface area (Å²) in [6.07, 6.45) is 1.46. The molecule has 0 atom stereocenters. The molecule has 0 radical (unpaired) electrons. The van der Waals surface area contributed by atoms with Crippen molar-refractivity contribution in [3.05, 3.63) is 47.5 Å². The van der Waals surface area contributed by atoms with E-state index in [0.717, 1.165) is 28.9 Å². The summed E-state index contributed by atoms with van der Waals surface area (Å²) in [6, 6.07) is 10.5. The van der Waals surface area contributed by atoms with E-state index in [2.05, 4.69) is 43.6 Å². The number of alkyl halides is 1. The van der Waals surface area contributed by atoms with Gasteiger partial charge in [-0.15, -0.1) is 0 Å². The monoisotopic (exact) mass is 522 g/mol. The van der Waals surface area contributed by atoms with Crippen LogP contribution in [0.15, 0.2) is 36.4 Å². The minimum absolute atomic E-state index is 0.0243. The molecule has 0 heterocycles. The van der Waals surface area contributed by atoms with Crippen molar-refractivity contribution in [3.63, 3.8) is 0 Å². The first-order valence-electron chi connectivity index (χ1n) is 10.9. The van der Waals surface area contributed by atoms with Gasteiger partial charge in [0.2, 0.25) is 0 Å². The van der Waals surface area contributed by atoms with Gasteiger partial charge in [-0.25, -0.2) is 0 Å². The molecule has 0 bridgehead atoms. The molecular weight excluding hydrogens is 484 g/mol. The van der Waals surface area contributed by atoms with E-state index in [-0.39, 0.29) is 5.75 Å². The molecule has 0 aliphatic rings. The normalized spacial score (nSPS) is 9.91. The molecule has 2 rings (SSSR count). The van der Waals surface area contributed by atoms with Gasteiger partial charge >= 0.3 is 0 Å². The molecule has 2 aromatic rings. The lowest BCUT2D eigenvalue weighted by Crippen LogP contribution is -2.10. The van der Waals surface area contributed by atoms with Crippen LogP contribution in [0.3, 0.4) is 0 Å². The minimum Gasteiger partial charge on any atom is -0.507 e. The third-order valence-corrected chi connectivity index (χ3v) is 5.47. The van der Waals surface area contributed by atoms with Gasteiger partial charge in [0.1, 0.15) is 11.5 Å². The predicted molar refractivity (Wildman–Crippen MR) is 143 cm³/mol. The van der Waals surface area contributed by atoms with Gasteiger partial charge in [-0.2, -0.15) is 0 Å². The van der Waals surface area contributed by atoms with Gasteiger partial charge in [-0.1, -0.05) is 43.6 Å². The molecule has 33 heavy (non-hydrogen) atoms. The lowest BCUT2D eigenvalue weighted by molar-refractivity contribution is 0.111. The highest BCUT2D eigenvalue weighted by Gasteiger charge is 2.07. The Kier molecular flexibility index (Phi) is 14.9. The second kappa shape index (κ2) is 16.1. The van der Waals surface area contributed by atoms with Gasteiger partial charge in [0.25, 0.3) is 0 Å². The summed E-state index contributed by atoms with van der Waals surface area (Å²) in [6.45, 7) is 9.13. The Morgan fingerprint density at radius 3 is 1.67 bits per heavy atom. The van der Waals surface area contributed by atoms with E-state index in [1.807, 2.05) is 50.1 Å². The number of halogens is 1. The van der Waals surface area contributed by atoms with Gasteiger partial charge in [0.15, 0.2) is 12.6 Å². The van der Waals surface area contributed by atoms with Crippen LogP contribution in [0.25, 0.3) is 0 Å². The SMILES string of the molecule is CC(C)CBr.CC(C)COc1cc(N(C)C)ccc1C=O.CN(C)c1ccc(C=O)c(O)c1. The maximum absolute atomic E-state index is 10.9. The van der Waals surface area contributed by atoms with Crippen LogP contribution in [0.2, 0.25) is 0 Å². The molecule has 184 valence electrons. The van der Waals surface area contributed by atoms with Crippen molar-refractivity contribution in [3.8, 4) is 11.5 Å². The van der Waals surface area contributed by atoms with Crippen LogP contribution >= 0.6 is 15.9 Å². The smallest absolute Gasteiger partial charge is 0.153 e. The zero-order valence-electron chi connectivity index (χ0n) is 21.1. The molecule has 1 N–H and O–H groups in total. The number of hydrogen-bond acceptors (Lipinski definition) is 6. The third kappa shape index (κ3) is 12.3. The number of carbonyl (C=O) groups excluding carboxylic acids is 2. The molecule has 0 amide bonds. The maximum Gasteiger partial charge on any atom is 0.153 e. The number of benzene rings is 2. The van der Waals surface area contributed by atoms with Crippen LogP contribution in [-0.4, -0.2) is 57.8 Å². The molecule has 0 spiro atoms. The summed E-state index contributed by atoms with van der Waals surface area (Å²) < 4.78 is 5.62. The molecule has 0 saturated heterocycles. The van der Waals surface area contributed by atoms with Gasteiger partial charge in [0.05, 0.1) is 17.7 Å².